The number of para-hydroxylation sites is 1. The zero-order valence-corrected chi connectivity index (χ0v) is 14.3. The molecule has 3 N–H and O–H groups in total. The maximum absolute atomic E-state index is 11.4. The van der Waals surface area contributed by atoms with Crippen LogP contribution in [-0.2, 0) is 17.7 Å². The van der Waals surface area contributed by atoms with Crippen LogP contribution >= 0.6 is 7.60 Å². The molecule has 3 rings (SSSR count). The SMILES string of the molecule is CC(C)Cn1c(-c2ccc(P(=O)(O)O)o2)nc2cccc(CO)c21. The predicted molar refractivity (Wildman–Crippen MR) is 89.9 cm³/mol. The summed E-state index contributed by atoms with van der Waals surface area (Å²) in [5.74, 6) is 1.08. The minimum absolute atomic E-state index is 0.119. The van der Waals surface area contributed by atoms with Gasteiger partial charge in [-0.05, 0) is 24.1 Å². The molecule has 0 fully saturated rings. The third kappa shape index (κ3) is 3.03. The molecule has 0 amide bonds. The highest BCUT2D eigenvalue weighted by Gasteiger charge is 2.25. The number of aliphatic hydroxyl groups is 1. The number of furan rings is 1. The number of benzene rings is 1. The molecule has 7 nitrogen and oxygen atoms in total. The van der Waals surface area contributed by atoms with Crippen LogP contribution < -0.4 is 5.50 Å². The maximum Gasteiger partial charge on any atom is 0.391 e. The van der Waals surface area contributed by atoms with Gasteiger partial charge < -0.3 is 23.9 Å². The molecule has 0 saturated heterocycles. The summed E-state index contributed by atoms with van der Waals surface area (Å²) in [4.78, 5) is 23.0. The number of nitrogens with zero attached hydrogens (tertiary/aromatic N) is 2. The first-order valence-electron chi connectivity index (χ1n) is 7.56. The van der Waals surface area contributed by atoms with E-state index in [2.05, 4.69) is 18.8 Å². The molecule has 0 aliphatic rings. The fraction of sp³-hybridized carbons (Fsp3) is 0.312. The van der Waals surface area contributed by atoms with Gasteiger partial charge in [0.1, 0.15) is 0 Å². The Labute approximate surface area is 138 Å². The number of aromatic nitrogens is 2. The van der Waals surface area contributed by atoms with E-state index in [1.165, 1.54) is 12.1 Å². The van der Waals surface area contributed by atoms with Crippen molar-refractivity contribution in [3.63, 3.8) is 0 Å². The average molecular weight is 350 g/mol. The monoisotopic (exact) mass is 350 g/mol. The van der Waals surface area contributed by atoms with Gasteiger partial charge in [-0.25, -0.2) is 4.98 Å². The van der Waals surface area contributed by atoms with Gasteiger partial charge >= 0.3 is 7.60 Å². The minimum atomic E-state index is -4.45. The largest absolute Gasteiger partial charge is 0.445 e. The van der Waals surface area contributed by atoms with E-state index in [1.54, 1.807) is 0 Å². The van der Waals surface area contributed by atoms with Crippen LogP contribution in [0.4, 0.5) is 0 Å². The molecule has 1 aromatic carbocycles. The van der Waals surface area contributed by atoms with Gasteiger partial charge in [0.05, 0.1) is 17.6 Å². The molecule has 2 aromatic heterocycles. The van der Waals surface area contributed by atoms with E-state index in [4.69, 9.17) is 4.42 Å². The molecule has 8 heteroatoms. The van der Waals surface area contributed by atoms with E-state index in [0.29, 0.717) is 23.8 Å². The summed E-state index contributed by atoms with van der Waals surface area (Å²) in [5, 5.41) is 9.62. The van der Waals surface area contributed by atoms with Gasteiger partial charge in [0.25, 0.3) is 0 Å². The molecule has 3 aromatic rings. The van der Waals surface area contributed by atoms with Gasteiger partial charge in [0, 0.05) is 12.1 Å². The molecule has 0 saturated carbocycles. The highest BCUT2D eigenvalue weighted by atomic mass is 31.2. The summed E-state index contributed by atoms with van der Waals surface area (Å²) in [5.41, 5.74) is 1.86. The van der Waals surface area contributed by atoms with Crippen LogP contribution in [0.2, 0.25) is 0 Å². The van der Waals surface area contributed by atoms with Crippen LogP contribution in [0.25, 0.3) is 22.6 Å². The van der Waals surface area contributed by atoms with Gasteiger partial charge in [-0.1, -0.05) is 26.0 Å². The van der Waals surface area contributed by atoms with E-state index in [1.807, 2.05) is 22.8 Å². The number of aliphatic hydroxyl groups excluding tert-OH is 1. The first kappa shape index (κ1) is 16.9. The molecule has 0 spiro atoms. The molecule has 0 aliphatic carbocycles. The van der Waals surface area contributed by atoms with E-state index in [9.17, 15) is 19.5 Å². The highest BCUT2D eigenvalue weighted by Crippen LogP contribution is 2.36. The number of imidazole rings is 1. The molecule has 2 heterocycles. The molecule has 0 unspecified atom stereocenters. The van der Waals surface area contributed by atoms with Crippen LogP contribution in [0.5, 0.6) is 0 Å². The smallest absolute Gasteiger partial charge is 0.391 e. The van der Waals surface area contributed by atoms with Crippen molar-refractivity contribution in [3.8, 4) is 11.6 Å². The van der Waals surface area contributed by atoms with Crippen molar-refractivity contribution in [1.82, 2.24) is 9.55 Å². The van der Waals surface area contributed by atoms with E-state index in [-0.39, 0.29) is 17.9 Å². The molecule has 0 radical (unpaired) electrons. The fourth-order valence-corrected chi connectivity index (χ4v) is 3.21. The van der Waals surface area contributed by atoms with Crippen molar-refractivity contribution < 1.29 is 23.9 Å². The molecule has 0 aliphatic heterocycles. The number of fused-ring (bicyclic) bond motifs is 1. The quantitative estimate of drug-likeness (QED) is 0.609. The Morgan fingerprint density at radius 3 is 2.58 bits per heavy atom. The lowest BCUT2D eigenvalue weighted by Gasteiger charge is -2.12. The molecule has 0 atom stereocenters. The Bertz CT molecular complexity index is 922. The lowest BCUT2D eigenvalue weighted by molar-refractivity contribution is 0.282. The normalized spacial score (nSPS) is 12.4. The van der Waals surface area contributed by atoms with Crippen LogP contribution in [0.1, 0.15) is 19.4 Å². The molecule has 0 bridgehead atoms. The van der Waals surface area contributed by atoms with Gasteiger partial charge in [0.2, 0.25) is 5.50 Å². The number of rotatable bonds is 5. The zero-order valence-electron chi connectivity index (χ0n) is 13.4. The molecule has 24 heavy (non-hydrogen) atoms. The van der Waals surface area contributed by atoms with Gasteiger partial charge in [-0.15, -0.1) is 0 Å². The summed E-state index contributed by atoms with van der Waals surface area (Å²) in [6.45, 7) is 4.63. The summed E-state index contributed by atoms with van der Waals surface area (Å²) in [7, 11) is -4.45. The Morgan fingerprint density at radius 1 is 1.25 bits per heavy atom. The molecular weight excluding hydrogens is 331 g/mol. The predicted octanol–water partition coefficient (Wildman–Crippen LogP) is 2.25. The Kier molecular flexibility index (Phi) is 4.36. The van der Waals surface area contributed by atoms with E-state index < -0.39 is 7.60 Å². The van der Waals surface area contributed by atoms with Gasteiger partial charge in [0.15, 0.2) is 11.6 Å². The second-order valence-electron chi connectivity index (χ2n) is 6.06. The Balaban J connectivity index is 2.23. The summed E-state index contributed by atoms with van der Waals surface area (Å²) in [6.07, 6.45) is 0. The molecular formula is C16H19N2O5P. The van der Waals surface area contributed by atoms with E-state index >= 15 is 0 Å². The summed E-state index contributed by atoms with van der Waals surface area (Å²) in [6, 6.07) is 8.25. The van der Waals surface area contributed by atoms with Crippen LogP contribution in [-0.4, -0.2) is 24.4 Å². The van der Waals surface area contributed by atoms with E-state index in [0.717, 1.165) is 11.1 Å². The summed E-state index contributed by atoms with van der Waals surface area (Å²) < 4.78 is 18.6. The Morgan fingerprint density at radius 2 is 2.00 bits per heavy atom. The third-order valence-corrected chi connectivity index (χ3v) is 4.48. The topological polar surface area (TPSA) is 109 Å². The van der Waals surface area contributed by atoms with Crippen molar-refractivity contribution in [3.05, 3.63) is 35.9 Å². The maximum atomic E-state index is 11.4. The standard InChI is InChI=1S/C16H19N2O5P/c1-10(2)8-18-15-11(9-19)4-3-5-12(15)17-16(18)13-6-7-14(23-13)24(20,21)22/h3-7,10,19H,8-9H2,1-2H3,(H2,20,21,22). The van der Waals surface area contributed by atoms with Crippen LogP contribution in [0.3, 0.4) is 0 Å². The van der Waals surface area contributed by atoms with Crippen molar-refractivity contribution in [1.29, 1.82) is 0 Å². The van der Waals surface area contributed by atoms with Crippen LogP contribution in [0.15, 0.2) is 34.7 Å². The first-order valence-corrected chi connectivity index (χ1v) is 9.17. The number of hydrogen-bond donors (Lipinski definition) is 3. The minimum Gasteiger partial charge on any atom is -0.445 e. The van der Waals surface area contributed by atoms with Crippen molar-refractivity contribution in [2.45, 2.75) is 27.0 Å². The summed E-state index contributed by atoms with van der Waals surface area (Å²) >= 11 is 0. The fourth-order valence-electron chi connectivity index (χ4n) is 2.72. The van der Waals surface area contributed by atoms with Crippen molar-refractivity contribution in [2.75, 3.05) is 0 Å². The average Bonchev–Trinajstić information content (AvgIpc) is 3.11. The van der Waals surface area contributed by atoms with Gasteiger partial charge in [-0.3, -0.25) is 4.57 Å². The van der Waals surface area contributed by atoms with Crippen molar-refractivity contribution >= 4 is 24.1 Å². The van der Waals surface area contributed by atoms with Crippen molar-refractivity contribution in [2.24, 2.45) is 5.92 Å². The molecule has 128 valence electrons. The lowest BCUT2D eigenvalue weighted by Crippen LogP contribution is -2.07. The lowest BCUT2D eigenvalue weighted by atomic mass is 10.1. The second-order valence-corrected chi connectivity index (χ2v) is 7.59. The Hall–Kier alpha value is -1.92. The zero-order chi connectivity index (χ0) is 17.5. The second kappa shape index (κ2) is 6.18. The van der Waals surface area contributed by atoms with Gasteiger partial charge in [-0.2, -0.15) is 0 Å². The van der Waals surface area contributed by atoms with Crippen LogP contribution in [0, 0.1) is 5.92 Å². The number of hydrogen-bond acceptors (Lipinski definition) is 4. The third-order valence-electron chi connectivity index (χ3n) is 3.67. The first-order chi connectivity index (χ1) is 11.3. The highest BCUT2D eigenvalue weighted by molar-refractivity contribution is 7.59.